The van der Waals surface area contributed by atoms with Gasteiger partial charge in [0.25, 0.3) is 0 Å². The molecule has 4 heteroatoms. The zero-order chi connectivity index (χ0) is 15.0. The number of hydrogen-bond acceptors (Lipinski definition) is 0. The molecule has 2 heterocycles. The van der Waals surface area contributed by atoms with Gasteiger partial charge < -0.3 is 0 Å². The topological polar surface area (TPSA) is 4.93 Å². The Labute approximate surface area is 134 Å². The molecule has 1 aliphatic rings. The van der Waals surface area contributed by atoms with E-state index < -0.39 is 36.8 Å². The van der Waals surface area contributed by atoms with Gasteiger partial charge in [-0.25, -0.2) is 0 Å². The molecule has 1 saturated heterocycles. The first kappa shape index (κ1) is 17.0. The Hall–Kier alpha value is 0.682. The summed E-state index contributed by atoms with van der Waals surface area (Å²) >= 11 is -3.99. The minimum absolute atomic E-state index is 0.681. The summed E-state index contributed by atoms with van der Waals surface area (Å²) in [6, 6.07) is 4.37. The summed E-state index contributed by atoms with van der Waals surface area (Å²) in [6.45, 7) is 0.681. The first-order valence-electron chi connectivity index (χ1n) is 8.08. The molecular weight excluding hydrogens is 454 g/mol. The summed E-state index contributed by atoms with van der Waals surface area (Å²) < 4.78 is 4.58. The van der Waals surface area contributed by atoms with Crippen molar-refractivity contribution in [3.8, 4) is 0 Å². The first-order valence-corrected chi connectivity index (χ1v) is 28.1. The average molecular weight is 485 g/mol. The molecule has 1 fully saturated rings. The minimum atomic E-state index is -1.99. The number of hydrogen-bond donors (Lipinski definition) is 0. The molecule has 0 N–H and O–H groups in total. The van der Waals surface area contributed by atoms with Crippen LogP contribution in [0.5, 0.6) is 0 Å². The van der Waals surface area contributed by atoms with Crippen LogP contribution in [0.4, 0.5) is 0 Å². The third-order valence-electron chi connectivity index (χ3n) is 4.38. The van der Waals surface area contributed by atoms with Crippen molar-refractivity contribution >= 4 is 43.6 Å². The summed E-state index contributed by atoms with van der Waals surface area (Å²) in [7, 11) is 0. The van der Waals surface area contributed by atoms with Crippen LogP contribution < -0.4 is 0 Å². The van der Waals surface area contributed by atoms with E-state index in [2.05, 4.69) is 60.2 Å². The molecule has 0 spiro atoms. The van der Waals surface area contributed by atoms with E-state index in [0.717, 1.165) is 0 Å². The van der Waals surface area contributed by atoms with Gasteiger partial charge in [0.1, 0.15) is 0 Å². The van der Waals surface area contributed by atoms with Crippen molar-refractivity contribution in [3.05, 3.63) is 31.6 Å². The number of rotatable bonds is 3. The normalized spacial score (nSPS) is 17.5. The Morgan fingerprint density at radius 2 is 1.50 bits per heavy atom. The molecule has 1 aromatic heterocycles. The van der Waals surface area contributed by atoms with Gasteiger partial charge in [-0.1, -0.05) is 0 Å². The maximum atomic E-state index is 2.64. The van der Waals surface area contributed by atoms with Crippen molar-refractivity contribution in [1.82, 2.24) is 4.48 Å². The van der Waals surface area contributed by atoms with Gasteiger partial charge in [0.05, 0.1) is 0 Å². The van der Waals surface area contributed by atoms with Crippen molar-refractivity contribution in [2.24, 2.45) is 0 Å². The molecule has 0 radical (unpaired) electrons. The summed E-state index contributed by atoms with van der Waals surface area (Å²) in [4.78, 5) is 15.8. The number of allylic oxidation sites excluding steroid dienone is 1. The summed E-state index contributed by atoms with van der Waals surface area (Å²) in [5.41, 5.74) is 1.89. The molecule has 0 aromatic carbocycles. The molecule has 1 nitrogen and oxygen atoms in total. The second kappa shape index (κ2) is 6.43. The molecule has 0 bridgehead atoms. The molecule has 110 valence electrons. The van der Waals surface area contributed by atoms with E-state index in [0.29, 0.717) is 6.85 Å². The van der Waals surface area contributed by atoms with E-state index in [1.54, 1.807) is 0 Å². The Bertz CT molecular complexity index is 462. The van der Waals surface area contributed by atoms with Gasteiger partial charge >= 0.3 is 135 Å². The first-order chi connectivity index (χ1) is 9.21. The van der Waals surface area contributed by atoms with Crippen molar-refractivity contribution in [3.63, 3.8) is 0 Å². The second-order valence-electron chi connectivity index (χ2n) is 8.29. The summed E-state index contributed by atoms with van der Waals surface area (Å²) in [5.74, 6) is 0. The van der Waals surface area contributed by atoms with Gasteiger partial charge in [-0.2, -0.15) is 0 Å². The predicted molar refractivity (Wildman–Crippen MR) is 98.0 cm³/mol. The number of aromatic nitrogens is 1. The van der Waals surface area contributed by atoms with E-state index in [1.165, 1.54) is 25.6 Å². The van der Waals surface area contributed by atoms with Gasteiger partial charge in [0.2, 0.25) is 0 Å². The molecule has 0 unspecified atom stereocenters. The predicted octanol–water partition coefficient (Wildman–Crippen LogP) is 5.10. The van der Waals surface area contributed by atoms with Crippen molar-refractivity contribution in [2.75, 3.05) is 0 Å². The molecule has 2 rings (SSSR count). The fourth-order valence-electron chi connectivity index (χ4n) is 4.26. The van der Waals surface area contributed by atoms with E-state index in [9.17, 15) is 0 Å². The van der Waals surface area contributed by atoms with Crippen LogP contribution in [0.2, 0.25) is 36.0 Å². The third kappa shape index (κ3) is 3.90. The Kier molecular flexibility index (Phi) is 5.48. The Balaban J connectivity index is 2.55. The molecular formula is C16H30BNSn2. The quantitative estimate of drug-likeness (QED) is 0.526. The van der Waals surface area contributed by atoms with Crippen LogP contribution in [-0.2, 0) is 0 Å². The Morgan fingerprint density at radius 3 is 2.00 bits per heavy atom. The van der Waals surface area contributed by atoms with Crippen LogP contribution in [0.25, 0.3) is 0 Å². The molecule has 0 amide bonds. The molecule has 20 heavy (non-hydrogen) atoms. The van der Waals surface area contributed by atoms with Gasteiger partial charge in [-0.3, -0.25) is 0 Å². The van der Waals surface area contributed by atoms with Crippen LogP contribution in [0.3, 0.4) is 0 Å². The Morgan fingerprint density at radius 1 is 0.950 bits per heavy atom. The zero-order valence-electron chi connectivity index (χ0n) is 14.2. The standard InChI is InChI=1S/C10H12BN.6CH3.2Sn/c1-10-6-2-3-7-11(10)12-8-4-5-9-12;;;;;;;;/h4-5,8-9H,2-3,6-7H2;6*1H3;;. The van der Waals surface area contributed by atoms with E-state index >= 15 is 0 Å². The van der Waals surface area contributed by atoms with Gasteiger partial charge in [0.15, 0.2) is 0 Å². The van der Waals surface area contributed by atoms with Crippen LogP contribution in [-0.4, -0.2) is 48.1 Å². The van der Waals surface area contributed by atoms with Crippen molar-refractivity contribution in [1.29, 1.82) is 0 Å². The van der Waals surface area contributed by atoms with Crippen molar-refractivity contribution < 1.29 is 0 Å². The van der Waals surface area contributed by atoms with Gasteiger partial charge in [0, 0.05) is 0 Å². The van der Waals surface area contributed by atoms with Crippen LogP contribution in [0.1, 0.15) is 19.3 Å². The summed E-state index contributed by atoms with van der Waals surface area (Å²) in [6.07, 6.45) is 10.1. The molecule has 1 aromatic rings. The molecule has 0 aliphatic carbocycles. The SMILES string of the molecule is [CH3][Sn]([CH3])([CH3])[C](=C1CCCCB1n1cccc1)[Sn]([CH3])([CH3])[CH3]. The van der Waals surface area contributed by atoms with Gasteiger partial charge in [-0.15, -0.1) is 0 Å². The van der Waals surface area contributed by atoms with E-state index in [1.807, 2.05) is 5.47 Å². The average Bonchev–Trinajstić information content (AvgIpc) is 2.79. The number of nitrogens with zero attached hydrogens (tertiary/aromatic N) is 1. The summed E-state index contributed by atoms with van der Waals surface area (Å²) in [5, 5.41) is 0. The van der Waals surface area contributed by atoms with Crippen LogP contribution >= 0.6 is 0 Å². The van der Waals surface area contributed by atoms with E-state index in [-0.39, 0.29) is 0 Å². The van der Waals surface area contributed by atoms with Crippen LogP contribution in [0.15, 0.2) is 31.6 Å². The molecule has 1 aliphatic heterocycles. The maximum absolute atomic E-state index is 2.64. The van der Waals surface area contributed by atoms with Crippen LogP contribution in [0, 0.1) is 0 Å². The third-order valence-corrected chi connectivity index (χ3v) is 43.5. The van der Waals surface area contributed by atoms with Gasteiger partial charge in [-0.05, 0) is 0 Å². The molecule has 0 saturated carbocycles. The van der Waals surface area contributed by atoms with Crippen molar-refractivity contribution in [2.45, 2.75) is 55.2 Å². The molecule has 0 atom stereocenters. The fourth-order valence-corrected chi connectivity index (χ4v) is 60.9. The fraction of sp³-hybridized carbons (Fsp3) is 0.625. The zero-order valence-corrected chi connectivity index (χ0v) is 19.9. The second-order valence-corrected chi connectivity index (χ2v) is 40.9. The monoisotopic (exact) mass is 487 g/mol. The van der Waals surface area contributed by atoms with E-state index in [4.69, 9.17) is 0 Å².